The van der Waals surface area contributed by atoms with Gasteiger partial charge < -0.3 is 15.5 Å². The van der Waals surface area contributed by atoms with Crippen molar-refractivity contribution >= 4 is 34.8 Å². The van der Waals surface area contributed by atoms with Crippen LogP contribution >= 0.6 is 11.6 Å². The maximum atomic E-state index is 12.1. The number of anilines is 2. The Hall–Kier alpha value is -2.37. The van der Waals surface area contributed by atoms with Gasteiger partial charge in [-0.1, -0.05) is 23.7 Å². The summed E-state index contributed by atoms with van der Waals surface area (Å²) in [6.45, 7) is 2.96. The van der Waals surface area contributed by atoms with Crippen molar-refractivity contribution in [3.63, 3.8) is 0 Å². The topological polar surface area (TPSA) is 61.4 Å². The van der Waals surface area contributed by atoms with E-state index in [9.17, 15) is 9.59 Å². The first-order valence-electron chi connectivity index (χ1n) is 8.72. The molecule has 0 bridgehead atoms. The first-order chi connectivity index (χ1) is 12.5. The second kappa shape index (κ2) is 8.34. The highest BCUT2D eigenvalue weighted by molar-refractivity contribution is 6.30. The van der Waals surface area contributed by atoms with Crippen molar-refractivity contribution in [2.45, 2.75) is 25.8 Å². The molecule has 1 heterocycles. The number of nitrogens with zero attached hydrogens (tertiary/aromatic N) is 1. The second-order valence-corrected chi connectivity index (χ2v) is 6.83. The first-order valence-corrected chi connectivity index (χ1v) is 9.10. The molecule has 136 valence electrons. The molecule has 2 aromatic carbocycles. The summed E-state index contributed by atoms with van der Waals surface area (Å²) in [5.41, 5.74) is 2.66. The van der Waals surface area contributed by atoms with E-state index in [-0.39, 0.29) is 24.4 Å². The van der Waals surface area contributed by atoms with Crippen molar-refractivity contribution in [2.24, 2.45) is 0 Å². The third-order valence-corrected chi connectivity index (χ3v) is 4.73. The van der Waals surface area contributed by atoms with Crippen molar-refractivity contribution in [1.29, 1.82) is 0 Å². The van der Waals surface area contributed by atoms with Gasteiger partial charge in [-0.15, -0.1) is 0 Å². The van der Waals surface area contributed by atoms with Gasteiger partial charge in [0.1, 0.15) is 0 Å². The van der Waals surface area contributed by atoms with E-state index in [0.29, 0.717) is 17.1 Å². The molecule has 0 aliphatic carbocycles. The normalized spacial score (nSPS) is 15.2. The molecular formula is C20H22ClN3O2. The van der Waals surface area contributed by atoms with Crippen molar-refractivity contribution in [3.05, 3.63) is 59.1 Å². The van der Waals surface area contributed by atoms with Crippen molar-refractivity contribution in [3.8, 4) is 0 Å². The van der Waals surface area contributed by atoms with E-state index in [2.05, 4.69) is 10.6 Å². The maximum Gasteiger partial charge on any atom is 0.238 e. The molecule has 2 amide bonds. The Labute approximate surface area is 158 Å². The Morgan fingerprint density at radius 2 is 1.85 bits per heavy atom. The van der Waals surface area contributed by atoms with Gasteiger partial charge in [-0.3, -0.25) is 9.59 Å². The summed E-state index contributed by atoms with van der Waals surface area (Å²) in [5, 5.41) is 6.75. The molecule has 26 heavy (non-hydrogen) atoms. The molecule has 0 spiro atoms. The third-order valence-electron chi connectivity index (χ3n) is 4.47. The van der Waals surface area contributed by atoms with Gasteiger partial charge in [-0.05, 0) is 55.3 Å². The van der Waals surface area contributed by atoms with Crippen LogP contribution in [0.1, 0.15) is 31.4 Å². The van der Waals surface area contributed by atoms with E-state index in [1.54, 1.807) is 4.90 Å². The summed E-state index contributed by atoms with van der Waals surface area (Å²) in [4.78, 5) is 25.7. The predicted molar refractivity (Wildman–Crippen MR) is 105 cm³/mol. The lowest BCUT2D eigenvalue weighted by Crippen LogP contribution is -2.30. The molecule has 1 saturated heterocycles. The molecule has 0 radical (unpaired) electrons. The van der Waals surface area contributed by atoms with Crippen molar-refractivity contribution in [2.75, 3.05) is 23.3 Å². The lowest BCUT2D eigenvalue weighted by Gasteiger charge is -2.16. The molecule has 1 aliphatic heterocycles. The lowest BCUT2D eigenvalue weighted by atomic mass is 10.1. The van der Waals surface area contributed by atoms with E-state index < -0.39 is 0 Å². The van der Waals surface area contributed by atoms with E-state index in [1.165, 1.54) is 0 Å². The molecule has 1 aliphatic rings. The van der Waals surface area contributed by atoms with Gasteiger partial charge in [0.05, 0.1) is 6.54 Å². The molecule has 6 heteroatoms. The van der Waals surface area contributed by atoms with E-state index >= 15 is 0 Å². The molecule has 2 aromatic rings. The molecule has 0 aromatic heterocycles. The molecule has 0 saturated carbocycles. The predicted octanol–water partition coefficient (Wildman–Crippen LogP) is 3.76. The van der Waals surface area contributed by atoms with Gasteiger partial charge in [-0.25, -0.2) is 0 Å². The van der Waals surface area contributed by atoms with Crippen LogP contribution in [0.25, 0.3) is 0 Å². The summed E-state index contributed by atoms with van der Waals surface area (Å²) in [5.74, 6) is 0.0398. The van der Waals surface area contributed by atoms with Crippen LogP contribution in [0, 0.1) is 0 Å². The van der Waals surface area contributed by atoms with Crippen LogP contribution in [0.4, 0.5) is 11.4 Å². The summed E-state index contributed by atoms with van der Waals surface area (Å²) in [6, 6.07) is 15.0. The van der Waals surface area contributed by atoms with E-state index in [1.807, 2.05) is 55.5 Å². The monoisotopic (exact) mass is 371 g/mol. The molecule has 0 unspecified atom stereocenters. The number of halogens is 1. The molecule has 3 rings (SSSR count). The van der Waals surface area contributed by atoms with Crippen molar-refractivity contribution in [1.82, 2.24) is 5.32 Å². The zero-order valence-electron chi connectivity index (χ0n) is 14.7. The minimum absolute atomic E-state index is 0.0431. The number of amides is 2. The number of hydrogen-bond acceptors (Lipinski definition) is 3. The Morgan fingerprint density at radius 3 is 2.46 bits per heavy atom. The highest BCUT2D eigenvalue weighted by Gasteiger charge is 2.21. The highest BCUT2D eigenvalue weighted by atomic mass is 35.5. The van der Waals surface area contributed by atoms with Gasteiger partial charge in [0, 0.05) is 35.4 Å². The number of nitrogens with one attached hydrogen (secondary N) is 2. The number of benzene rings is 2. The molecule has 2 N–H and O–H groups in total. The third kappa shape index (κ3) is 4.62. The zero-order valence-corrected chi connectivity index (χ0v) is 15.4. The largest absolute Gasteiger partial charge is 0.325 e. The Bertz CT molecular complexity index is 775. The van der Waals surface area contributed by atoms with Crippen molar-refractivity contribution < 1.29 is 9.59 Å². The summed E-state index contributed by atoms with van der Waals surface area (Å²) in [6.07, 6.45) is 1.50. The van der Waals surface area contributed by atoms with Crippen LogP contribution in [0.2, 0.25) is 5.02 Å². The Morgan fingerprint density at radius 1 is 1.15 bits per heavy atom. The Balaban J connectivity index is 1.50. The fraction of sp³-hybridized carbons (Fsp3) is 0.300. The summed E-state index contributed by atoms with van der Waals surface area (Å²) in [7, 11) is 0. The fourth-order valence-corrected chi connectivity index (χ4v) is 3.09. The lowest BCUT2D eigenvalue weighted by molar-refractivity contribution is -0.117. The maximum absolute atomic E-state index is 12.1. The minimum atomic E-state index is -0.115. The molecule has 1 fully saturated rings. The standard InChI is InChI=1S/C20H22ClN3O2/c1-14(15-4-6-16(21)7-5-15)22-13-19(25)23-17-8-10-18(11-9-17)24-12-2-3-20(24)26/h4-11,14,22H,2-3,12-13H2,1H3,(H,23,25)/t14-/m1/s1. The average Bonchev–Trinajstić information content (AvgIpc) is 3.07. The Kier molecular flexibility index (Phi) is 5.91. The second-order valence-electron chi connectivity index (χ2n) is 6.40. The van der Waals surface area contributed by atoms with Crippen LogP contribution in [-0.2, 0) is 9.59 Å². The summed E-state index contributed by atoms with van der Waals surface area (Å²) < 4.78 is 0. The summed E-state index contributed by atoms with van der Waals surface area (Å²) >= 11 is 5.89. The van der Waals surface area contributed by atoms with Gasteiger partial charge >= 0.3 is 0 Å². The van der Waals surface area contributed by atoms with Gasteiger partial charge in [-0.2, -0.15) is 0 Å². The number of rotatable bonds is 6. The average molecular weight is 372 g/mol. The van der Waals surface area contributed by atoms with Crippen LogP contribution in [0.15, 0.2) is 48.5 Å². The number of hydrogen-bond donors (Lipinski definition) is 2. The van der Waals surface area contributed by atoms with Crippen LogP contribution in [0.3, 0.4) is 0 Å². The van der Waals surface area contributed by atoms with Gasteiger partial charge in [0.2, 0.25) is 11.8 Å². The fourth-order valence-electron chi connectivity index (χ4n) is 2.97. The van der Waals surface area contributed by atoms with Gasteiger partial charge in [0.15, 0.2) is 0 Å². The highest BCUT2D eigenvalue weighted by Crippen LogP contribution is 2.23. The van der Waals surface area contributed by atoms with E-state index in [0.717, 1.165) is 24.2 Å². The molecular weight excluding hydrogens is 350 g/mol. The molecule has 5 nitrogen and oxygen atoms in total. The smallest absolute Gasteiger partial charge is 0.238 e. The first kappa shape index (κ1) is 18.4. The van der Waals surface area contributed by atoms with Crippen LogP contribution < -0.4 is 15.5 Å². The molecule has 1 atom stereocenters. The van der Waals surface area contributed by atoms with Crippen LogP contribution in [0.5, 0.6) is 0 Å². The van der Waals surface area contributed by atoms with E-state index in [4.69, 9.17) is 11.6 Å². The quantitative estimate of drug-likeness (QED) is 0.812. The van der Waals surface area contributed by atoms with Crippen LogP contribution in [-0.4, -0.2) is 24.9 Å². The zero-order chi connectivity index (χ0) is 18.5. The SMILES string of the molecule is C[C@@H](NCC(=O)Nc1ccc(N2CCCC2=O)cc1)c1ccc(Cl)cc1. The number of carbonyl (C=O) groups is 2. The number of carbonyl (C=O) groups excluding carboxylic acids is 2. The minimum Gasteiger partial charge on any atom is -0.325 e. The van der Waals surface area contributed by atoms with Gasteiger partial charge in [0.25, 0.3) is 0 Å².